The van der Waals surface area contributed by atoms with E-state index in [1.54, 1.807) is 19.2 Å². The monoisotopic (exact) mass is 301 g/mol. The van der Waals surface area contributed by atoms with Gasteiger partial charge < -0.3 is 9.47 Å². The van der Waals surface area contributed by atoms with Gasteiger partial charge in [0.1, 0.15) is 11.6 Å². The Kier molecular flexibility index (Phi) is 4.71. The van der Waals surface area contributed by atoms with E-state index in [0.29, 0.717) is 6.61 Å². The van der Waals surface area contributed by atoms with Crippen molar-refractivity contribution >= 4 is 0 Å². The molecule has 116 valence electrons. The zero-order valence-corrected chi connectivity index (χ0v) is 12.7. The summed E-state index contributed by atoms with van der Waals surface area (Å²) < 4.78 is 24.0. The average Bonchev–Trinajstić information content (AvgIpc) is 2.56. The summed E-state index contributed by atoms with van der Waals surface area (Å²) >= 11 is 0. The zero-order valence-electron chi connectivity index (χ0n) is 12.7. The average molecular weight is 301 g/mol. The number of hydrogen-bond acceptors (Lipinski definition) is 3. The number of morpholine rings is 1. The van der Waals surface area contributed by atoms with E-state index in [1.165, 1.54) is 17.7 Å². The minimum atomic E-state index is -0.213. The fourth-order valence-electron chi connectivity index (χ4n) is 2.71. The van der Waals surface area contributed by atoms with Crippen LogP contribution in [-0.2, 0) is 11.3 Å². The summed E-state index contributed by atoms with van der Waals surface area (Å²) in [6, 6.07) is 14.7. The van der Waals surface area contributed by atoms with Crippen molar-refractivity contribution in [2.75, 3.05) is 26.8 Å². The summed E-state index contributed by atoms with van der Waals surface area (Å²) in [5.74, 6) is 0.657. The van der Waals surface area contributed by atoms with Crippen LogP contribution in [0.5, 0.6) is 5.75 Å². The van der Waals surface area contributed by atoms with Crippen LogP contribution >= 0.6 is 0 Å². The van der Waals surface area contributed by atoms with E-state index in [0.717, 1.165) is 30.9 Å². The molecule has 0 radical (unpaired) electrons. The molecule has 22 heavy (non-hydrogen) atoms. The largest absolute Gasteiger partial charge is 0.497 e. The fraction of sp³-hybridized carbons (Fsp3) is 0.333. The molecule has 1 aliphatic heterocycles. The van der Waals surface area contributed by atoms with E-state index < -0.39 is 0 Å². The lowest BCUT2D eigenvalue weighted by Gasteiger charge is -2.33. The van der Waals surface area contributed by atoms with Gasteiger partial charge in [0.2, 0.25) is 0 Å². The van der Waals surface area contributed by atoms with Crippen molar-refractivity contribution in [1.82, 2.24) is 4.90 Å². The molecule has 1 saturated heterocycles. The molecule has 0 saturated carbocycles. The predicted octanol–water partition coefficient (Wildman–Crippen LogP) is 3.41. The van der Waals surface area contributed by atoms with Crippen LogP contribution in [-0.4, -0.2) is 31.7 Å². The summed E-state index contributed by atoms with van der Waals surface area (Å²) in [6.07, 6.45) is 0.00704. The molecule has 0 aliphatic carbocycles. The first-order valence-corrected chi connectivity index (χ1v) is 7.47. The minimum Gasteiger partial charge on any atom is -0.497 e. The molecule has 0 bridgehead atoms. The van der Waals surface area contributed by atoms with Crippen molar-refractivity contribution in [3.8, 4) is 5.75 Å². The summed E-state index contributed by atoms with van der Waals surface area (Å²) in [6.45, 7) is 3.30. The van der Waals surface area contributed by atoms with Crippen LogP contribution < -0.4 is 4.74 Å². The molecule has 0 spiro atoms. The molecule has 0 aromatic heterocycles. The molecule has 3 rings (SSSR count). The van der Waals surface area contributed by atoms with Crippen LogP contribution in [0.2, 0.25) is 0 Å². The highest BCUT2D eigenvalue weighted by atomic mass is 19.1. The topological polar surface area (TPSA) is 21.7 Å². The lowest BCUT2D eigenvalue weighted by Crippen LogP contribution is -2.37. The SMILES string of the molecule is COc1ccc(CN2CCO[C@@H](c3ccc(F)cc3)C2)cc1. The zero-order chi connectivity index (χ0) is 15.4. The molecule has 0 unspecified atom stereocenters. The lowest BCUT2D eigenvalue weighted by atomic mass is 10.1. The maximum absolute atomic E-state index is 13.0. The highest BCUT2D eigenvalue weighted by Crippen LogP contribution is 2.24. The van der Waals surface area contributed by atoms with Gasteiger partial charge in [0, 0.05) is 19.6 Å². The Morgan fingerprint density at radius 2 is 1.86 bits per heavy atom. The number of benzene rings is 2. The normalized spacial score (nSPS) is 19.1. The Hall–Kier alpha value is -1.91. The predicted molar refractivity (Wildman–Crippen MR) is 83.4 cm³/mol. The quantitative estimate of drug-likeness (QED) is 0.864. The van der Waals surface area contributed by atoms with E-state index in [1.807, 2.05) is 12.1 Å². The van der Waals surface area contributed by atoms with Crippen LogP contribution in [0, 0.1) is 5.82 Å². The first-order chi connectivity index (χ1) is 10.7. The number of halogens is 1. The number of rotatable bonds is 4. The molecule has 3 nitrogen and oxygen atoms in total. The second-order valence-electron chi connectivity index (χ2n) is 5.49. The van der Waals surface area contributed by atoms with Gasteiger partial charge in [-0.25, -0.2) is 4.39 Å². The fourth-order valence-corrected chi connectivity index (χ4v) is 2.71. The van der Waals surface area contributed by atoms with Crippen LogP contribution in [0.25, 0.3) is 0 Å². The van der Waals surface area contributed by atoms with E-state index in [-0.39, 0.29) is 11.9 Å². The molecular weight excluding hydrogens is 281 g/mol. The maximum atomic E-state index is 13.0. The van der Waals surface area contributed by atoms with Gasteiger partial charge >= 0.3 is 0 Å². The third kappa shape index (κ3) is 3.64. The first-order valence-electron chi connectivity index (χ1n) is 7.47. The van der Waals surface area contributed by atoms with Crippen molar-refractivity contribution in [2.45, 2.75) is 12.6 Å². The molecule has 1 fully saturated rings. The standard InChI is InChI=1S/C18H20FNO2/c1-21-17-8-2-14(3-9-17)12-20-10-11-22-18(13-20)15-4-6-16(19)7-5-15/h2-9,18H,10-13H2,1H3/t18-/m1/s1. The summed E-state index contributed by atoms with van der Waals surface area (Å²) in [4.78, 5) is 2.36. The summed E-state index contributed by atoms with van der Waals surface area (Å²) in [5, 5.41) is 0. The van der Waals surface area contributed by atoms with Gasteiger partial charge in [-0.3, -0.25) is 4.90 Å². The Balaban J connectivity index is 1.63. The molecule has 1 aliphatic rings. The van der Waals surface area contributed by atoms with Gasteiger partial charge in [0.25, 0.3) is 0 Å². The first kappa shape index (κ1) is 15.0. The van der Waals surface area contributed by atoms with Crippen LogP contribution in [0.15, 0.2) is 48.5 Å². The lowest BCUT2D eigenvalue weighted by molar-refractivity contribution is -0.0329. The smallest absolute Gasteiger partial charge is 0.123 e. The number of hydrogen-bond donors (Lipinski definition) is 0. The maximum Gasteiger partial charge on any atom is 0.123 e. The molecule has 2 aromatic rings. The van der Waals surface area contributed by atoms with Crippen molar-refractivity contribution in [2.24, 2.45) is 0 Å². The van der Waals surface area contributed by atoms with Gasteiger partial charge in [-0.2, -0.15) is 0 Å². The molecule has 0 amide bonds. The number of methoxy groups -OCH3 is 1. The van der Waals surface area contributed by atoms with Crippen molar-refractivity contribution in [3.63, 3.8) is 0 Å². The molecule has 0 N–H and O–H groups in total. The van der Waals surface area contributed by atoms with Gasteiger partial charge in [-0.1, -0.05) is 24.3 Å². The molecule has 1 atom stereocenters. The molecular formula is C18H20FNO2. The highest BCUT2D eigenvalue weighted by molar-refractivity contribution is 5.27. The van der Waals surface area contributed by atoms with E-state index >= 15 is 0 Å². The summed E-state index contributed by atoms with van der Waals surface area (Å²) in [7, 11) is 1.67. The molecule has 4 heteroatoms. The Morgan fingerprint density at radius 3 is 2.55 bits per heavy atom. The Morgan fingerprint density at radius 1 is 1.14 bits per heavy atom. The third-order valence-electron chi connectivity index (χ3n) is 3.96. The number of ether oxygens (including phenoxy) is 2. The second-order valence-corrected chi connectivity index (χ2v) is 5.49. The van der Waals surface area contributed by atoms with E-state index in [4.69, 9.17) is 9.47 Å². The highest BCUT2D eigenvalue weighted by Gasteiger charge is 2.22. The van der Waals surface area contributed by atoms with Crippen LogP contribution in [0.4, 0.5) is 4.39 Å². The summed E-state index contributed by atoms with van der Waals surface area (Å²) in [5.41, 5.74) is 2.28. The van der Waals surface area contributed by atoms with E-state index in [2.05, 4.69) is 17.0 Å². The van der Waals surface area contributed by atoms with Crippen LogP contribution in [0.3, 0.4) is 0 Å². The Labute approximate surface area is 130 Å². The third-order valence-corrected chi connectivity index (χ3v) is 3.96. The number of nitrogens with zero attached hydrogens (tertiary/aromatic N) is 1. The van der Waals surface area contributed by atoms with E-state index in [9.17, 15) is 4.39 Å². The van der Waals surface area contributed by atoms with Crippen molar-refractivity contribution < 1.29 is 13.9 Å². The van der Waals surface area contributed by atoms with Gasteiger partial charge in [-0.15, -0.1) is 0 Å². The van der Waals surface area contributed by atoms with Gasteiger partial charge in [-0.05, 0) is 35.4 Å². The second kappa shape index (κ2) is 6.90. The van der Waals surface area contributed by atoms with Crippen molar-refractivity contribution in [1.29, 1.82) is 0 Å². The molecule has 2 aromatic carbocycles. The van der Waals surface area contributed by atoms with Gasteiger partial charge in [0.05, 0.1) is 19.8 Å². The minimum absolute atomic E-state index is 0.00704. The van der Waals surface area contributed by atoms with Crippen LogP contribution in [0.1, 0.15) is 17.2 Å². The molecule has 1 heterocycles. The Bertz CT molecular complexity index is 597. The van der Waals surface area contributed by atoms with Gasteiger partial charge in [0.15, 0.2) is 0 Å². The van der Waals surface area contributed by atoms with Crippen molar-refractivity contribution in [3.05, 3.63) is 65.5 Å².